The molecule has 0 saturated heterocycles. The highest BCUT2D eigenvalue weighted by molar-refractivity contribution is 6.26. The van der Waals surface area contributed by atoms with Crippen LogP contribution in [0.1, 0.15) is 58.3 Å². The van der Waals surface area contributed by atoms with E-state index < -0.39 is 0 Å². The molecule has 1 unspecified atom stereocenters. The first kappa shape index (κ1) is 14.9. The van der Waals surface area contributed by atoms with Gasteiger partial charge in [-0.25, -0.2) is 0 Å². The van der Waals surface area contributed by atoms with E-state index in [0.717, 1.165) is 24.7 Å². The number of carbonyl (C=O) groups excluding carboxylic acids is 1. The Morgan fingerprint density at radius 3 is 2.53 bits per heavy atom. The van der Waals surface area contributed by atoms with Crippen molar-refractivity contribution in [3.8, 4) is 0 Å². The zero-order chi connectivity index (χ0) is 13.7. The summed E-state index contributed by atoms with van der Waals surface area (Å²) in [5, 5.41) is 0. The molecule has 0 spiro atoms. The lowest BCUT2D eigenvalue weighted by atomic mass is 9.73. The first-order valence-corrected chi connectivity index (χ1v) is 8.19. The number of rotatable bonds is 4. The lowest BCUT2D eigenvalue weighted by Crippen LogP contribution is -2.28. The second-order valence-corrected chi connectivity index (χ2v) is 6.18. The molecule has 0 amide bonds. The zero-order valence-corrected chi connectivity index (χ0v) is 12.6. The lowest BCUT2D eigenvalue weighted by molar-refractivity contribution is -0.148. The molecule has 1 saturated carbocycles. The molecule has 0 bridgehead atoms. The lowest BCUT2D eigenvalue weighted by Gasteiger charge is -2.35. The molecule has 0 aromatic heterocycles. The molecule has 2 nitrogen and oxygen atoms in total. The highest BCUT2D eigenvalue weighted by Crippen LogP contribution is 2.38. The minimum Gasteiger partial charge on any atom is -0.461 e. The smallest absolute Gasteiger partial charge is 0.321 e. The number of hydrogen-bond acceptors (Lipinski definition) is 2. The second kappa shape index (κ2) is 7.33. The number of allylic oxidation sites excluding steroid dienone is 2. The maximum absolute atomic E-state index is 11.2. The van der Waals surface area contributed by atoms with Crippen molar-refractivity contribution in [3.63, 3.8) is 0 Å². The van der Waals surface area contributed by atoms with Gasteiger partial charge in [-0.05, 0) is 63.2 Å². The number of halogens is 1. The summed E-state index contributed by atoms with van der Waals surface area (Å²) in [5.74, 6) is 1.41. The van der Waals surface area contributed by atoms with Gasteiger partial charge in [-0.1, -0.05) is 18.6 Å². The van der Waals surface area contributed by atoms with Gasteiger partial charge >= 0.3 is 5.97 Å². The van der Waals surface area contributed by atoms with Gasteiger partial charge in [0.25, 0.3) is 0 Å². The average Bonchev–Trinajstić information content (AvgIpc) is 2.48. The molecule has 2 aliphatic rings. The zero-order valence-electron chi connectivity index (χ0n) is 11.9. The summed E-state index contributed by atoms with van der Waals surface area (Å²) in [6.07, 6.45) is 12.2. The van der Waals surface area contributed by atoms with Crippen molar-refractivity contribution < 1.29 is 9.53 Å². The Morgan fingerprint density at radius 2 is 2.00 bits per heavy atom. The maximum Gasteiger partial charge on any atom is 0.321 e. The van der Waals surface area contributed by atoms with Crippen LogP contribution >= 0.6 is 11.6 Å². The molecule has 2 aliphatic carbocycles. The molecular weight excluding hydrogens is 260 g/mol. The number of esters is 1. The molecule has 1 atom stereocenters. The summed E-state index contributed by atoms with van der Waals surface area (Å²) in [7, 11) is 0. The fourth-order valence-corrected chi connectivity index (χ4v) is 3.62. The standard InChI is InChI=1S/C16H25ClO2/c1-2-12-3-5-13(6-4-12)14-7-9-15(10-8-14)19-16(18)11-17/h3,13-15H,2,4-11H2,1H3. The molecule has 0 heterocycles. The third-order valence-electron chi connectivity index (χ3n) is 4.79. The van der Waals surface area contributed by atoms with Gasteiger partial charge in [0.2, 0.25) is 0 Å². The van der Waals surface area contributed by atoms with Crippen molar-refractivity contribution >= 4 is 17.6 Å². The van der Waals surface area contributed by atoms with Gasteiger partial charge in [0.05, 0.1) is 0 Å². The van der Waals surface area contributed by atoms with Gasteiger partial charge in [-0.3, -0.25) is 4.79 Å². The van der Waals surface area contributed by atoms with Gasteiger partial charge < -0.3 is 4.74 Å². The predicted octanol–water partition coefficient (Wildman–Crippen LogP) is 4.46. The van der Waals surface area contributed by atoms with Gasteiger partial charge in [0.1, 0.15) is 12.0 Å². The fourth-order valence-electron chi connectivity index (χ4n) is 3.55. The van der Waals surface area contributed by atoms with E-state index in [-0.39, 0.29) is 18.0 Å². The third-order valence-corrected chi connectivity index (χ3v) is 5.01. The van der Waals surface area contributed by atoms with Crippen molar-refractivity contribution in [3.05, 3.63) is 11.6 Å². The molecule has 0 radical (unpaired) electrons. The Bertz CT molecular complexity index is 330. The minimum atomic E-state index is -0.265. The molecule has 19 heavy (non-hydrogen) atoms. The molecule has 0 N–H and O–H groups in total. The molecular formula is C16H25ClO2. The Hall–Kier alpha value is -0.500. The van der Waals surface area contributed by atoms with Crippen molar-refractivity contribution in [2.24, 2.45) is 11.8 Å². The first-order valence-electron chi connectivity index (χ1n) is 7.66. The Balaban J connectivity index is 1.75. The van der Waals surface area contributed by atoms with Gasteiger partial charge in [-0.15, -0.1) is 11.6 Å². The third kappa shape index (κ3) is 4.24. The van der Waals surface area contributed by atoms with E-state index in [1.807, 2.05) is 0 Å². The summed E-state index contributed by atoms with van der Waals surface area (Å²) in [5.41, 5.74) is 1.64. The van der Waals surface area contributed by atoms with Crippen LogP contribution in [0.15, 0.2) is 11.6 Å². The summed E-state index contributed by atoms with van der Waals surface area (Å²) in [6.45, 7) is 2.25. The summed E-state index contributed by atoms with van der Waals surface area (Å²) in [4.78, 5) is 11.2. The monoisotopic (exact) mass is 284 g/mol. The van der Waals surface area contributed by atoms with E-state index in [9.17, 15) is 4.79 Å². The average molecular weight is 285 g/mol. The van der Waals surface area contributed by atoms with Crippen molar-refractivity contribution in [1.29, 1.82) is 0 Å². The van der Waals surface area contributed by atoms with Crippen LogP contribution in [-0.4, -0.2) is 18.0 Å². The van der Waals surface area contributed by atoms with Gasteiger partial charge in [0.15, 0.2) is 0 Å². The van der Waals surface area contributed by atoms with E-state index >= 15 is 0 Å². The maximum atomic E-state index is 11.2. The molecule has 0 aromatic rings. The van der Waals surface area contributed by atoms with Crippen molar-refractivity contribution in [2.45, 2.75) is 64.4 Å². The molecule has 0 aromatic carbocycles. The van der Waals surface area contributed by atoms with Crippen LogP contribution in [-0.2, 0) is 9.53 Å². The van der Waals surface area contributed by atoms with Crippen LogP contribution in [0, 0.1) is 11.8 Å². The van der Waals surface area contributed by atoms with E-state index in [0.29, 0.717) is 0 Å². The normalized spacial score (nSPS) is 31.7. The molecule has 0 aliphatic heterocycles. The number of hydrogen-bond donors (Lipinski definition) is 0. The molecule has 2 rings (SSSR count). The number of carbonyl (C=O) groups is 1. The fraction of sp³-hybridized carbons (Fsp3) is 0.812. The van der Waals surface area contributed by atoms with Crippen LogP contribution in [0.25, 0.3) is 0 Å². The first-order chi connectivity index (χ1) is 9.22. The van der Waals surface area contributed by atoms with Crippen LogP contribution in [0.5, 0.6) is 0 Å². The summed E-state index contributed by atoms with van der Waals surface area (Å²) < 4.78 is 5.33. The molecule has 3 heteroatoms. The van der Waals surface area contributed by atoms with Crippen LogP contribution in [0.2, 0.25) is 0 Å². The topological polar surface area (TPSA) is 26.3 Å². The molecule has 108 valence electrons. The second-order valence-electron chi connectivity index (χ2n) is 5.91. The SMILES string of the molecule is CCC1=CCC(C2CCC(OC(=O)CCl)CC2)CC1. The van der Waals surface area contributed by atoms with Gasteiger partial charge in [-0.2, -0.15) is 0 Å². The van der Waals surface area contributed by atoms with E-state index in [1.165, 1.54) is 38.5 Å². The van der Waals surface area contributed by atoms with Crippen LogP contribution < -0.4 is 0 Å². The van der Waals surface area contributed by atoms with Crippen molar-refractivity contribution in [1.82, 2.24) is 0 Å². The Labute approximate surface area is 121 Å². The largest absolute Gasteiger partial charge is 0.461 e. The highest BCUT2D eigenvalue weighted by Gasteiger charge is 2.29. The van der Waals surface area contributed by atoms with E-state index in [1.54, 1.807) is 5.57 Å². The quantitative estimate of drug-likeness (QED) is 0.433. The van der Waals surface area contributed by atoms with Crippen LogP contribution in [0.4, 0.5) is 0 Å². The summed E-state index contributed by atoms with van der Waals surface area (Å²) in [6, 6.07) is 0. The van der Waals surface area contributed by atoms with Gasteiger partial charge in [0, 0.05) is 0 Å². The van der Waals surface area contributed by atoms with Crippen molar-refractivity contribution in [2.75, 3.05) is 5.88 Å². The van der Waals surface area contributed by atoms with E-state index in [2.05, 4.69) is 13.0 Å². The Morgan fingerprint density at radius 1 is 1.26 bits per heavy atom. The molecule has 1 fully saturated rings. The minimum absolute atomic E-state index is 0.0207. The highest BCUT2D eigenvalue weighted by atomic mass is 35.5. The predicted molar refractivity (Wildman–Crippen MR) is 78.3 cm³/mol. The van der Waals surface area contributed by atoms with Crippen LogP contribution in [0.3, 0.4) is 0 Å². The Kier molecular flexibility index (Phi) is 5.75. The number of alkyl halides is 1. The number of ether oxygens (including phenoxy) is 1. The summed E-state index contributed by atoms with van der Waals surface area (Å²) >= 11 is 5.47. The van der Waals surface area contributed by atoms with E-state index in [4.69, 9.17) is 16.3 Å².